The Labute approximate surface area is 239 Å². The molecule has 7 heteroatoms. The normalized spacial score (nSPS) is 22.1. The van der Waals surface area contributed by atoms with Crippen LogP contribution < -0.4 is 4.74 Å². The largest absolute Gasteiger partial charge is 0.488 e. The van der Waals surface area contributed by atoms with Crippen molar-refractivity contribution in [2.45, 2.75) is 45.3 Å². The van der Waals surface area contributed by atoms with Crippen LogP contribution in [-0.2, 0) is 11.4 Å². The highest BCUT2D eigenvalue weighted by atomic mass is 79.9. The van der Waals surface area contributed by atoms with Crippen molar-refractivity contribution >= 4 is 66.5 Å². The van der Waals surface area contributed by atoms with Crippen LogP contribution in [0.2, 0.25) is 0 Å². The van der Waals surface area contributed by atoms with Crippen LogP contribution in [0.15, 0.2) is 91.6 Å². The maximum atomic E-state index is 13.7. The van der Waals surface area contributed by atoms with Gasteiger partial charge in [-0.15, -0.1) is 0 Å². The summed E-state index contributed by atoms with van der Waals surface area (Å²) < 4.78 is 7.91. The van der Waals surface area contributed by atoms with E-state index >= 15 is 0 Å². The van der Waals surface area contributed by atoms with Crippen LogP contribution >= 0.6 is 43.6 Å². The van der Waals surface area contributed by atoms with Gasteiger partial charge in [0.05, 0.1) is 15.1 Å². The minimum absolute atomic E-state index is 0.0464. The molecule has 0 spiro atoms. The summed E-state index contributed by atoms with van der Waals surface area (Å²) in [6, 6.07) is 24.1. The van der Waals surface area contributed by atoms with Crippen LogP contribution in [0, 0.1) is 5.92 Å². The first kappa shape index (κ1) is 26.3. The zero-order chi connectivity index (χ0) is 25.8. The molecule has 0 N–H and O–H groups in total. The maximum absolute atomic E-state index is 13.7. The summed E-state index contributed by atoms with van der Waals surface area (Å²) in [6.07, 6.45) is 6.50. The summed E-state index contributed by atoms with van der Waals surface area (Å²) in [4.78, 5) is 21.3. The molecule has 1 heterocycles. The molecular formula is C30H28Br2N2O2S. The molecule has 4 nitrogen and oxygen atoms in total. The van der Waals surface area contributed by atoms with Gasteiger partial charge in [-0.05, 0) is 100 Å². The predicted molar refractivity (Wildman–Crippen MR) is 160 cm³/mol. The number of para-hydroxylation sites is 1. The Hall–Kier alpha value is -2.35. The van der Waals surface area contributed by atoms with Crippen molar-refractivity contribution in [3.8, 4) is 5.75 Å². The number of hydrogen-bond donors (Lipinski definition) is 0. The summed E-state index contributed by atoms with van der Waals surface area (Å²) in [5, 5.41) is 0.773. The van der Waals surface area contributed by atoms with E-state index in [1.807, 2.05) is 83.8 Å². The first-order valence-corrected chi connectivity index (χ1v) is 14.9. The standard InChI is InChI=1S/C30H28Br2N2O2S/c1-20-7-5-6-10-26(20)34-29(35)28(37-30(34)33-24-8-3-2-4-9-24)18-22-13-16-27(25(32)17-22)36-19-21-11-14-23(31)15-12-21/h2-4,8-9,11-18,20,26H,5-7,10,19H2,1H3/b28-18-,33-30?/t20-,26-/m0/s1. The Morgan fingerprint density at radius 3 is 2.51 bits per heavy atom. The third-order valence-electron chi connectivity index (χ3n) is 6.78. The number of halogens is 2. The van der Waals surface area contributed by atoms with Crippen LogP contribution in [0.3, 0.4) is 0 Å². The maximum Gasteiger partial charge on any atom is 0.267 e. The SMILES string of the molecule is C[C@H]1CCCC[C@@H]1N1C(=O)/C(=C/c2ccc(OCc3ccc(Br)cc3)c(Br)c2)SC1=Nc1ccccc1. The van der Waals surface area contributed by atoms with Crippen molar-refractivity contribution in [1.29, 1.82) is 0 Å². The minimum atomic E-state index is 0.0464. The van der Waals surface area contributed by atoms with Gasteiger partial charge >= 0.3 is 0 Å². The van der Waals surface area contributed by atoms with E-state index in [4.69, 9.17) is 9.73 Å². The third kappa shape index (κ3) is 6.39. The smallest absolute Gasteiger partial charge is 0.267 e. The van der Waals surface area contributed by atoms with Gasteiger partial charge < -0.3 is 4.74 Å². The van der Waals surface area contributed by atoms with Gasteiger partial charge in [-0.25, -0.2) is 4.99 Å². The lowest BCUT2D eigenvalue weighted by atomic mass is 9.85. The predicted octanol–water partition coefficient (Wildman–Crippen LogP) is 8.97. The van der Waals surface area contributed by atoms with Crippen molar-refractivity contribution < 1.29 is 9.53 Å². The zero-order valence-corrected chi connectivity index (χ0v) is 24.6. The van der Waals surface area contributed by atoms with E-state index in [0.717, 1.165) is 55.9 Å². The number of ether oxygens (including phenoxy) is 1. The minimum Gasteiger partial charge on any atom is -0.488 e. The molecule has 5 rings (SSSR count). The van der Waals surface area contributed by atoms with Gasteiger partial charge in [-0.1, -0.05) is 72.1 Å². The Bertz CT molecular complexity index is 1330. The fourth-order valence-corrected chi connectivity index (χ4v) is 6.59. The molecule has 2 atom stereocenters. The van der Waals surface area contributed by atoms with Gasteiger partial charge in [0, 0.05) is 10.5 Å². The van der Waals surface area contributed by atoms with Gasteiger partial charge in [0.25, 0.3) is 5.91 Å². The molecule has 1 amide bonds. The van der Waals surface area contributed by atoms with Crippen molar-refractivity contribution in [2.24, 2.45) is 10.9 Å². The number of carbonyl (C=O) groups is 1. The summed E-state index contributed by atoms with van der Waals surface area (Å²) in [5.74, 6) is 1.26. The van der Waals surface area contributed by atoms with Crippen LogP contribution in [0.5, 0.6) is 5.75 Å². The highest BCUT2D eigenvalue weighted by Gasteiger charge is 2.41. The Morgan fingerprint density at radius 2 is 1.78 bits per heavy atom. The average molecular weight is 640 g/mol. The number of rotatable bonds is 6. The molecule has 1 aliphatic heterocycles. The first-order chi connectivity index (χ1) is 18.0. The number of amides is 1. The van der Waals surface area contributed by atoms with Crippen molar-refractivity contribution in [2.75, 3.05) is 0 Å². The Balaban J connectivity index is 1.38. The molecular weight excluding hydrogens is 612 g/mol. The number of carbonyl (C=O) groups excluding carboxylic acids is 1. The Kier molecular flexibility index (Phi) is 8.53. The number of thioether (sulfide) groups is 1. The van der Waals surface area contributed by atoms with E-state index in [-0.39, 0.29) is 11.9 Å². The van der Waals surface area contributed by atoms with E-state index in [2.05, 4.69) is 38.8 Å². The van der Waals surface area contributed by atoms with Gasteiger partial charge in [-0.2, -0.15) is 0 Å². The lowest BCUT2D eigenvalue weighted by Crippen LogP contribution is -2.44. The Morgan fingerprint density at radius 1 is 1.03 bits per heavy atom. The zero-order valence-electron chi connectivity index (χ0n) is 20.6. The number of aliphatic imine (C=N–C) groups is 1. The summed E-state index contributed by atoms with van der Waals surface area (Å²) >= 11 is 8.58. The third-order valence-corrected chi connectivity index (χ3v) is 8.91. The van der Waals surface area contributed by atoms with E-state index < -0.39 is 0 Å². The van der Waals surface area contributed by atoms with Gasteiger partial charge in [0.2, 0.25) is 0 Å². The van der Waals surface area contributed by atoms with Crippen LogP contribution in [0.25, 0.3) is 6.08 Å². The number of benzene rings is 3. The van der Waals surface area contributed by atoms with Crippen LogP contribution in [-0.4, -0.2) is 22.0 Å². The second-order valence-corrected chi connectivity index (χ2v) is 12.2. The highest BCUT2D eigenvalue weighted by molar-refractivity contribution is 9.10. The first-order valence-electron chi connectivity index (χ1n) is 12.5. The monoisotopic (exact) mass is 638 g/mol. The van der Waals surface area contributed by atoms with E-state index in [1.165, 1.54) is 18.2 Å². The number of nitrogens with zero attached hydrogens (tertiary/aromatic N) is 2. The molecule has 0 radical (unpaired) electrons. The average Bonchev–Trinajstić information content (AvgIpc) is 3.19. The van der Waals surface area contributed by atoms with Crippen molar-refractivity contribution in [3.05, 3.63) is 97.8 Å². The molecule has 0 aromatic heterocycles. The molecule has 3 aromatic carbocycles. The van der Waals surface area contributed by atoms with E-state index in [9.17, 15) is 4.79 Å². The highest BCUT2D eigenvalue weighted by Crippen LogP contribution is 2.40. The fourth-order valence-electron chi connectivity index (χ4n) is 4.77. The lowest BCUT2D eigenvalue weighted by molar-refractivity contribution is -0.124. The van der Waals surface area contributed by atoms with Gasteiger partial charge in [0.15, 0.2) is 5.17 Å². The van der Waals surface area contributed by atoms with Gasteiger partial charge in [-0.3, -0.25) is 9.69 Å². The molecule has 3 aromatic rings. The molecule has 1 saturated carbocycles. The molecule has 0 unspecified atom stereocenters. The van der Waals surface area contributed by atoms with E-state index in [0.29, 0.717) is 17.4 Å². The molecule has 0 bridgehead atoms. The summed E-state index contributed by atoms with van der Waals surface area (Å²) in [7, 11) is 0. The molecule has 2 aliphatic rings. The molecule has 190 valence electrons. The van der Waals surface area contributed by atoms with E-state index in [1.54, 1.807) is 0 Å². The molecule has 2 fully saturated rings. The molecule has 37 heavy (non-hydrogen) atoms. The fraction of sp³-hybridized carbons (Fsp3) is 0.267. The van der Waals surface area contributed by atoms with Gasteiger partial charge in [0.1, 0.15) is 12.4 Å². The summed E-state index contributed by atoms with van der Waals surface area (Å²) in [5.41, 5.74) is 2.90. The van der Waals surface area contributed by atoms with Crippen LogP contribution in [0.1, 0.15) is 43.7 Å². The number of hydrogen-bond acceptors (Lipinski definition) is 4. The molecule has 1 saturated heterocycles. The quantitative estimate of drug-likeness (QED) is 0.253. The molecule has 1 aliphatic carbocycles. The second-order valence-electron chi connectivity index (χ2n) is 9.45. The van der Waals surface area contributed by atoms with Crippen molar-refractivity contribution in [3.63, 3.8) is 0 Å². The second kappa shape index (κ2) is 12.0. The van der Waals surface area contributed by atoms with Crippen molar-refractivity contribution in [1.82, 2.24) is 4.90 Å². The lowest BCUT2D eigenvalue weighted by Gasteiger charge is -2.35. The topological polar surface area (TPSA) is 41.9 Å². The number of amidine groups is 1. The van der Waals surface area contributed by atoms with Crippen LogP contribution in [0.4, 0.5) is 5.69 Å². The summed E-state index contributed by atoms with van der Waals surface area (Å²) in [6.45, 7) is 2.74.